The lowest BCUT2D eigenvalue weighted by Gasteiger charge is -2.37. The molecule has 0 fully saturated rings. The van der Waals surface area contributed by atoms with Crippen LogP contribution in [-0.4, -0.2) is 10.2 Å². The average Bonchev–Trinajstić information content (AvgIpc) is 2.61. The minimum Gasteiger partial charge on any atom is -0.507 e. The van der Waals surface area contributed by atoms with Crippen LogP contribution in [0.5, 0.6) is 11.5 Å². The molecular formula is C27H40O2. The SMILES string of the molecule is CC1=C[C@@H](c2c(O)cc(C)c([C@@H]3C=C(C)CC[C@H]3C(C)C)c2O)C(C(C)C)CC1. The second-order valence-electron chi connectivity index (χ2n) is 10.4. The van der Waals surface area contributed by atoms with Crippen molar-refractivity contribution < 1.29 is 10.2 Å². The molecule has 0 heterocycles. The van der Waals surface area contributed by atoms with Crippen LogP contribution in [0.4, 0.5) is 0 Å². The summed E-state index contributed by atoms with van der Waals surface area (Å²) in [7, 11) is 0. The quantitative estimate of drug-likeness (QED) is 0.514. The van der Waals surface area contributed by atoms with Crippen molar-refractivity contribution in [3.63, 3.8) is 0 Å². The standard InChI is InChI=1S/C27H40O2/c1-15(2)20-10-8-17(5)12-22(20)25-19(7)14-24(28)26(27(25)29)23-13-18(6)9-11-21(23)16(3)4/h12-16,20-23,28-29H,8-11H2,1-7H3/t20-,21?,22+,23+/m0/s1. The fraction of sp³-hybridized carbons (Fsp3) is 0.630. The Labute approximate surface area is 177 Å². The number of hydrogen-bond donors (Lipinski definition) is 2. The molecular weight excluding hydrogens is 356 g/mol. The van der Waals surface area contributed by atoms with E-state index in [1.54, 1.807) is 0 Å². The van der Waals surface area contributed by atoms with E-state index in [-0.39, 0.29) is 17.6 Å². The molecule has 29 heavy (non-hydrogen) atoms. The summed E-state index contributed by atoms with van der Waals surface area (Å²) in [5.41, 5.74) is 5.57. The summed E-state index contributed by atoms with van der Waals surface area (Å²) in [6.45, 7) is 15.5. The molecule has 0 amide bonds. The Balaban J connectivity index is 2.19. The lowest BCUT2D eigenvalue weighted by atomic mass is 9.68. The van der Waals surface area contributed by atoms with Gasteiger partial charge in [-0.1, -0.05) is 51.0 Å². The summed E-state index contributed by atoms with van der Waals surface area (Å²) in [6.07, 6.45) is 9.20. The second-order valence-corrected chi connectivity index (χ2v) is 10.4. The Morgan fingerprint density at radius 3 is 1.66 bits per heavy atom. The van der Waals surface area contributed by atoms with Gasteiger partial charge in [-0.05, 0) is 81.8 Å². The summed E-state index contributed by atoms with van der Waals surface area (Å²) in [5.74, 6) is 2.91. The minimum atomic E-state index is 0.0780. The van der Waals surface area contributed by atoms with Gasteiger partial charge < -0.3 is 10.2 Å². The van der Waals surface area contributed by atoms with Crippen LogP contribution in [-0.2, 0) is 0 Å². The van der Waals surface area contributed by atoms with Crippen molar-refractivity contribution in [3.8, 4) is 11.5 Å². The molecule has 0 radical (unpaired) electrons. The highest BCUT2D eigenvalue weighted by atomic mass is 16.3. The van der Waals surface area contributed by atoms with Gasteiger partial charge in [0.1, 0.15) is 11.5 Å². The number of allylic oxidation sites excluding steroid dienone is 4. The zero-order valence-electron chi connectivity index (χ0n) is 19.4. The Kier molecular flexibility index (Phi) is 6.51. The molecule has 1 aromatic rings. The van der Waals surface area contributed by atoms with E-state index in [2.05, 4.69) is 53.7 Å². The normalized spacial score (nSPS) is 27.9. The topological polar surface area (TPSA) is 40.5 Å². The first kappa shape index (κ1) is 22.0. The van der Waals surface area contributed by atoms with E-state index < -0.39 is 0 Å². The number of phenols is 2. The van der Waals surface area contributed by atoms with Crippen LogP contribution >= 0.6 is 0 Å². The number of benzene rings is 1. The molecule has 0 aromatic heterocycles. The van der Waals surface area contributed by atoms with Crippen LogP contribution < -0.4 is 0 Å². The average molecular weight is 397 g/mol. The predicted molar refractivity (Wildman–Crippen MR) is 123 cm³/mol. The third-order valence-corrected chi connectivity index (χ3v) is 7.54. The summed E-state index contributed by atoms with van der Waals surface area (Å²) < 4.78 is 0. The molecule has 4 atom stereocenters. The molecule has 2 N–H and O–H groups in total. The number of rotatable bonds is 4. The molecule has 0 spiro atoms. The molecule has 3 rings (SSSR count). The van der Waals surface area contributed by atoms with Crippen LogP contribution in [0.25, 0.3) is 0 Å². The fourth-order valence-electron chi connectivity index (χ4n) is 5.83. The van der Waals surface area contributed by atoms with Crippen LogP contribution in [0.1, 0.15) is 95.8 Å². The van der Waals surface area contributed by atoms with Crippen LogP contribution in [0, 0.1) is 30.6 Å². The van der Waals surface area contributed by atoms with Gasteiger partial charge in [0.15, 0.2) is 0 Å². The van der Waals surface area contributed by atoms with Crippen molar-refractivity contribution in [1.82, 2.24) is 0 Å². The van der Waals surface area contributed by atoms with E-state index in [4.69, 9.17) is 0 Å². The molecule has 2 heteroatoms. The van der Waals surface area contributed by atoms with E-state index in [1.807, 2.05) is 13.0 Å². The van der Waals surface area contributed by atoms with E-state index in [1.165, 1.54) is 11.1 Å². The van der Waals surface area contributed by atoms with Crippen LogP contribution in [0.2, 0.25) is 0 Å². The molecule has 2 nitrogen and oxygen atoms in total. The third kappa shape index (κ3) is 4.27. The van der Waals surface area contributed by atoms with E-state index in [0.717, 1.165) is 42.4 Å². The molecule has 2 aliphatic carbocycles. The molecule has 2 aliphatic rings. The van der Waals surface area contributed by atoms with Crippen molar-refractivity contribution in [3.05, 3.63) is 46.1 Å². The number of hydrogen-bond acceptors (Lipinski definition) is 2. The Morgan fingerprint density at radius 2 is 1.21 bits per heavy atom. The van der Waals surface area contributed by atoms with Crippen LogP contribution in [0.3, 0.4) is 0 Å². The first-order chi connectivity index (χ1) is 13.6. The molecule has 160 valence electrons. The Bertz CT molecular complexity index is 748. The van der Waals surface area contributed by atoms with E-state index in [0.29, 0.717) is 29.4 Å². The highest BCUT2D eigenvalue weighted by Gasteiger charge is 2.36. The summed E-state index contributed by atoms with van der Waals surface area (Å²) in [6, 6.07) is 1.90. The molecule has 1 aromatic carbocycles. The van der Waals surface area contributed by atoms with Crippen molar-refractivity contribution >= 4 is 0 Å². The van der Waals surface area contributed by atoms with Crippen molar-refractivity contribution in [2.45, 2.75) is 86.0 Å². The van der Waals surface area contributed by atoms with Crippen molar-refractivity contribution in [2.24, 2.45) is 23.7 Å². The van der Waals surface area contributed by atoms with Gasteiger partial charge in [0, 0.05) is 23.0 Å². The summed E-state index contributed by atoms with van der Waals surface area (Å²) in [5, 5.41) is 22.6. The first-order valence-electron chi connectivity index (χ1n) is 11.5. The zero-order chi connectivity index (χ0) is 21.5. The molecule has 0 saturated carbocycles. The molecule has 0 bridgehead atoms. The molecule has 1 unspecified atom stereocenters. The number of phenolic OH excluding ortho intramolecular Hbond substituents is 2. The monoisotopic (exact) mass is 396 g/mol. The van der Waals surface area contributed by atoms with Gasteiger partial charge in [0.2, 0.25) is 0 Å². The van der Waals surface area contributed by atoms with E-state index >= 15 is 0 Å². The Hall–Kier alpha value is -1.70. The van der Waals surface area contributed by atoms with Gasteiger partial charge in [0.05, 0.1) is 0 Å². The van der Waals surface area contributed by atoms with Crippen LogP contribution in [0.15, 0.2) is 29.4 Å². The third-order valence-electron chi connectivity index (χ3n) is 7.54. The maximum atomic E-state index is 11.6. The Morgan fingerprint density at radius 1 is 0.759 bits per heavy atom. The van der Waals surface area contributed by atoms with Gasteiger partial charge in [-0.2, -0.15) is 0 Å². The largest absolute Gasteiger partial charge is 0.507 e. The minimum absolute atomic E-state index is 0.0780. The highest BCUT2D eigenvalue weighted by molar-refractivity contribution is 5.58. The maximum absolute atomic E-state index is 11.6. The number of aromatic hydroxyl groups is 2. The smallest absolute Gasteiger partial charge is 0.127 e. The number of aryl methyl sites for hydroxylation is 1. The lowest BCUT2D eigenvalue weighted by molar-refractivity contribution is 0.295. The summed E-state index contributed by atoms with van der Waals surface area (Å²) in [4.78, 5) is 0. The van der Waals surface area contributed by atoms with Gasteiger partial charge in [0.25, 0.3) is 0 Å². The highest BCUT2D eigenvalue weighted by Crippen LogP contribution is 2.52. The lowest BCUT2D eigenvalue weighted by Crippen LogP contribution is -2.24. The van der Waals surface area contributed by atoms with Gasteiger partial charge >= 0.3 is 0 Å². The zero-order valence-corrected chi connectivity index (χ0v) is 19.4. The van der Waals surface area contributed by atoms with Crippen molar-refractivity contribution in [2.75, 3.05) is 0 Å². The van der Waals surface area contributed by atoms with Gasteiger partial charge in [-0.25, -0.2) is 0 Å². The van der Waals surface area contributed by atoms with Gasteiger partial charge in [-0.15, -0.1) is 0 Å². The first-order valence-corrected chi connectivity index (χ1v) is 11.5. The predicted octanol–water partition coefficient (Wildman–Crippen LogP) is 7.60. The molecule has 0 aliphatic heterocycles. The van der Waals surface area contributed by atoms with Crippen molar-refractivity contribution in [1.29, 1.82) is 0 Å². The fourth-order valence-corrected chi connectivity index (χ4v) is 5.83. The van der Waals surface area contributed by atoms with Gasteiger partial charge in [-0.3, -0.25) is 0 Å². The maximum Gasteiger partial charge on any atom is 0.127 e. The van der Waals surface area contributed by atoms with E-state index in [9.17, 15) is 10.2 Å². The summed E-state index contributed by atoms with van der Waals surface area (Å²) >= 11 is 0. The second kappa shape index (κ2) is 8.58. The molecule has 0 saturated heterocycles.